The Labute approximate surface area is 76.0 Å². The zero-order valence-corrected chi connectivity index (χ0v) is 7.28. The Hall–Kier alpha value is -1.84. The molecule has 2 heterocycles. The van der Waals surface area contributed by atoms with Crippen molar-refractivity contribution in [3.8, 4) is 0 Å². The third-order valence-corrected chi connectivity index (χ3v) is 1.63. The van der Waals surface area contributed by atoms with Crippen molar-refractivity contribution in [3.63, 3.8) is 0 Å². The van der Waals surface area contributed by atoms with Crippen molar-refractivity contribution in [3.05, 3.63) is 36.2 Å². The molecule has 0 atom stereocenters. The number of pyridine rings is 1. The Morgan fingerprint density at radius 3 is 2.85 bits per heavy atom. The first-order chi connectivity index (χ1) is 6.34. The molecular weight excluding hydrogens is 164 g/mol. The summed E-state index contributed by atoms with van der Waals surface area (Å²) in [4.78, 5) is 4.12. The van der Waals surface area contributed by atoms with Crippen LogP contribution >= 0.6 is 0 Å². The molecule has 0 amide bonds. The van der Waals surface area contributed by atoms with Crippen LogP contribution in [0.2, 0.25) is 0 Å². The van der Waals surface area contributed by atoms with E-state index in [0.717, 1.165) is 17.3 Å². The van der Waals surface area contributed by atoms with Crippen molar-refractivity contribution in [1.29, 1.82) is 0 Å². The summed E-state index contributed by atoms with van der Waals surface area (Å²) < 4.78 is 0. The molecule has 0 bridgehead atoms. The van der Waals surface area contributed by atoms with Gasteiger partial charge < -0.3 is 5.32 Å². The van der Waals surface area contributed by atoms with E-state index >= 15 is 0 Å². The van der Waals surface area contributed by atoms with Crippen molar-refractivity contribution >= 4 is 11.6 Å². The van der Waals surface area contributed by atoms with E-state index < -0.39 is 0 Å². The molecule has 0 saturated carbocycles. The molecule has 0 spiro atoms. The Morgan fingerprint density at radius 2 is 2.23 bits per heavy atom. The number of aromatic amines is 1. The predicted octanol–water partition coefficient (Wildman–Crippen LogP) is 1.86. The maximum Gasteiger partial charge on any atom is 0.153 e. The molecule has 66 valence electrons. The van der Waals surface area contributed by atoms with Gasteiger partial charge in [0.15, 0.2) is 5.82 Å². The van der Waals surface area contributed by atoms with E-state index in [2.05, 4.69) is 20.5 Å². The lowest BCUT2D eigenvalue weighted by molar-refractivity contribution is 1.05. The third kappa shape index (κ3) is 1.84. The van der Waals surface area contributed by atoms with E-state index in [-0.39, 0.29) is 0 Å². The molecule has 2 aromatic rings. The van der Waals surface area contributed by atoms with Crippen LogP contribution in [0.5, 0.6) is 0 Å². The number of aryl methyl sites for hydroxylation is 1. The van der Waals surface area contributed by atoms with Crippen LogP contribution in [0.1, 0.15) is 5.69 Å². The van der Waals surface area contributed by atoms with E-state index in [1.54, 1.807) is 6.20 Å². The highest BCUT2D eigenvalue weighted by molar-refractivity contribution is 5.50. The molecule has 13 heavy (non-hydrogen) atoms. The van der Waals surface area contributed by atoms with Gasteiger partial charge in [0.25, 0.3) is 0 Å². The van der Waals surface area contributed by atoms with Gasteiger partial charge in [-0.1, -0.05) is 6.07 Å². The quantitative estimate of drug-likeness (QED) is 0.730. The first kappa shape index (κ1) is 7.79. The zero-order valence-electron chi connectivity index (χ0n) is 7.28. The van der Waals surface area contributed by atoms with Gasteiger partial charge in [-0.05, 0) is 19.1 Å². The lowest BCUT2D eigenvalue weighted by atomic mass is 10.4. The molecule has 0 aliphatic carbocycles. The Morgan fingerprint density at radius 1 is 1.31 bits per heavy atom. The Kier molecular flexibility index (Phi) is 1.96. The first-order valence-electron chi connectivity index (χ1n) is 4.05. The minimum atomic E-state index is 0.788. The van der Waals surface area contributed by atoms with Crippen molar-refractivity contribution in [1.82, 2.24) is 15.2 Å². The summed E-state index contributed by atoms with van der Waals surface area (Å²) in [5.74, 6) is 1.59. The van der Waals surface area contributed by atoms with Gasteiger partial charge in [-0.3, -0.25) is 5.10 Å². The standard InChI is InChI=1S/C9H10N4/c1-7-6-9(13-12-7)11-8-4-2-3-5-10-8/h2-6H,1H3,(H2,10,11,12,13). The number of nitrogens with one attached hydrogen (secondary N) is 2. The normalized spacial score (nSPS) is 9.92. The molecule has 0 aliphatic heterocycles. The second kappa shape index (κ2) is 3.26. The van der Waals surface area contributed by atoms with Crippen molar-refractivity contribution in [2.45, 2.75) is 6.92 Å². The number of anilines is 2. The number of nitrogens with zero attached hydrogens (tertiary/aromatic N) is 2. The van der Waals surface area contributed by atoms with Gasteiger partial charge >= 0.3 is 0 Å². The summed E-state index contributed by atoms with van der Waals surface area (Å²) in [5.41, 5.74) is 1.03. The summed E-state index contributed by atoms with van der Waals surface area (Å²) in [6, 6.07) is 7.62. The first-order valence-corrected chi connectivity index (χ1v) is 4.05. The summed E-state index contributed by atoms with van der Waals surface area (Å²) in [5, 5.41) is 9.95. The van der Waals surface area contributed by atoms with E-state index in [9.17, 15) is 0 Å². The van der Waals surface area contributed by atoms with E-state index in [4.69, 9.17) is 0 Å². The smallest absolute Gasteiger partial charge is 0.153 e. The maximum atomic E-state index is 4.12. The van der Waals surface area contributed by atoms with Crippen LogP contribution in [-0.2, 0) is 0 Å². The molecule has 4 heteroatoms. The summed E-state index contributed by atoms with van der Waals surface area (Å²) in [6.45, 7) is 1.95. The minimum absolute atomic E-state index is 0.788. The van der Waals surface area contributed by atoms with Crippen LogP contribution in [0.4, 0.5) is 11.6 Å². The lowest BCUT2D eigenvalue weighted by Gasteiger charge is -1.98. The van der Waals surface area contributed by atoms with Crippen LogP contribution in [-0.4, -0.2) is 15.2 Å². The summed E-state index contributed by atoms with van der Waals surface area (Å²) >= 11 is 0. The molecule has 0 radical (unpaired) electrons. The average molecular weight is 174 g/mol. The Bertz CT molecular complexity index is 380. The maximum absolute atomic E-state index is 4.12. The number of hydrogen-bond donors (Lipinski definition) is 2. The highest BCUT2D eigenvalue weighted by Gasteiger charge is 1.97. The van der Waals surface area contributed by atoms with Gasteiger partial charge in [0, 0.05) is 18.0 Å². The second-order valence-corrected chi connectivity index (χ2v) is 2.78. The largest absolute Gasteiger partial charge is 0.323 e. The van der Waals surface area contributed by atoms with Crippen LogP contribution in [0, 0.1) is 6.92 Å². The van der Waals surface area contributed by atoms with Gasteiger partial charge in [-0.2, -0.15) is 5.10 Å². The SMILES string of the molecule is Cc1cc(Nc2ccccn2)n[nH]1. The van der Waals surface area contributed by atoms with Crippen LogP contribution in [0.25, 0.3) is 0 Å². The lowest BCUT2D eigenvalue weighted by Crippen LogP contribution is -1.92. The Balaban J connectivity index is 2.15. The molecule has 0 saturated heterocycles. The summed E-state index contributed by atoms with van der Waals surface area (Å²) in [6.07, 6.45) is 1.74. The molecule has 2 rings (SSSR count). The minimum Gasteiger partial charge on any atom is -0.323 e. The van der Waals surface area contributed by atoms with Gasteiger partial charge in [-0.15, -0.1) is 0 Å². The van der Waals surface area contributed by atoms with Crippen LogP contribution in [0.3, 0.4) is 0 Å². The molecule has 2 N–H and O–H groups in total. The van der Waals surface area contributed by atoms with E-state index in [0.29, 0.717) is 0 Å². The highest BCUT2D eigenvalue weighted by atomic mass is 15.2. The van der Waals surface area contributed by atoms with Crippen molar-refractivity contribution in [2.24, 2.45) is 0 Å². The molecule has 0 unspecified atom stereocenters. The molecule has 0 aromatic carbocycles. The number of H-pyrrole nitrogens is 1. The van der Waals surface area contributed by atoms with Gasteiger partial charge in [0.1, 0.15) is 5.82 Å². The third-order valence-electron chi connectivity index (χ3n) is 1.63. The number of aromatic nitrogens is 3. The number of hydrogen-bond acceptors (Lipinski definition) is 3. The topological polar surface area (TPSA) is 53.6 Å². The number of rotatable bonds is 2. The van der Waals surface area contributed by atoms with Crippen LogP contribution < -0.4 is 5.32 Å². The molecule has 2 aromatic heterocycles. The van der Waals surface area contributed by atoms with Gasteiger partial charge in [0.2, 0.25) is 0 Å². The van der Waals surface area contributed by atoms with Gasteiger partial charge in [-0.25, -0.2) is 4.98 Å². The van der Waals surface area contributed by atoms with E-state index in [1.165, 1.54) is 0 Å². The van der Waals surface area contributed by atoms with Crippen molar-refractivity contribution in [2.75, 3.05) is 5.32 Å². The fourth-order valence-corrected chi connectivity index (χ4v) is 1.05. The fourth-order valence-electron chi connectivity index (χ4n) is 1.05. The second-order valence-electron chi connectivity index (χ2n) is 2.78. The fraction of sp³-hybridized carbons (Fsp3) is 0.111. The molecule has 0 fully saturated rings. The van der Waals surface area contributed by atoms with Crippen LogP contribution in [0.15, 0.2) is 30.5 Å². The summed E-state index contributed by atoms with van der Waals surface area (Å²) in [7, 11) is 0. The monoisotopic (exact) mass is 174 g/mol. The average Bonchev–Trinajstić information content (AvgIpc) is 2.53. The molecule has 4 nitrogen and oxygen atoms in total. The zero-order chi connectivity index (χ0) is 9.10. The predicted molar refractivity (Wildman–Crippen MR) is 50.8 cm³/mol. The van der Waals surface area contributed by atoms with Crippen molar-refractivity contribution < 1.29 is 0 Å². The molecular formula is C9H10N4. The molecule has 0 aliphatic rings. The van der Waals surface area contributed by atoms with Gasteiger partial charge in [0.05, 0.1) is 0 Å². The van der Waals surface area contributed by atoms with E-state index in [1.807, 2.05) is 31.2 Å². The highest BCUT2D eigenvalue weighted by Crippen LogP contribution is 2.10.